The van der Waals surface area contributed by atoms with Crippen LogP contribution in [0, 0.1) is 0 Å². The maximum Gasteiger partial charge on any atom is 0.235 e. The van der Waals surface area contributed by atoms with E-state index in [0.717, 1.165) is 37.7 Å². The van der Waals surface area contributed by atoms with Crippen LogP contribution in [0.3, 0.4) is 0 Å². The zero-order chi connectivity index (χ0) is 14.0. The Hall–Kier alpha value is -1.51. The average Bonchev–Trinajstić information content (AvgIpc) is 2.77. The largest absolute Gasteiger partial charge is 0.489 e. The van der Waals surface area contributed by atoms with Crippen molar-refractivity contribution in [2.24, 2.45) is 4.99 Å². The third-order valence-electron chi connectivity index (χ3n) is 4.04. The summed E-state index contributed by atoms with van der Waals surface area (Å²) in [4.78, 5) is 15.0. The number of hydrogen-bond acceptors (Lipinski definition) is 4. The maximum atomic E-state index is 10.9. The first-order chi connectivity index (χ1) is 9.77. The molecule has 1 heterocycles. The van der Waals surface area contributed by atoms with Crippen molar-refractivity contribution in [3.05, 3.63) is 22.7 Å². The molecule has 3 rings (SSSR count). The van der Waals surface area contributed by atoms with Gasteiger partial charge in [-0.2, -0.15) is 4.99 Å². The summed E-state index contributed by atoms with van der Waals surface area (Å²) in [5.41, 5.74) is 0.379. The minimum Gasteiger partial charge on any atom is -0.489 e. The Balaban J connectivity index is 2.16. The van der Waals surface area contributed by atoms with Gasteiger partial charge in [-0.25, -0.2) is 4.79 Å². The van der Waals surface area contributed by atoms with Crippen molar-refractivity contribution in [1.29, 1.82) is 0 Å². The average molecular weight is 294 g/mol. The summed E-state index contributed by atoms with van der Waals surface area (Å²) in [5, 5.41) is 0.536. The van der Waals surface area contributed by atoms with Crippen LogP contribution in [0.5, 0.6) is 11.5 Å². The molecule has 20 heavy (non-hydrogen) atoms. The third-order valence-corrected chi connectivity index (χ3v) is 4.33. The van der Waals surface area contributed by atoms with Gasteiger partial charge in [0.25, 0.3) is 0 Å². The lowest BCUT2D eigenvalue weighted by atomic mass is 9.88. The van der Waals surface area contributed by atoms with E-state index < -0.39 is 5.54 Å². The van der Waals surface area contributed by atoms with Crippen LogP contribution in [0.1, 0.15) is 37.7 Å². The van der Waals surface area contributed by atoms with Crippen molar-refractivity contribution in [3.63, 3.8) is 0 Å². The fourth-order valence-electron chi connectivity index (χ4n) is 3.08. The number of carbonyl (C=O) groups excluding carboxylic acids is 1. The second kappa shape index (κ2) is 5.47. The van der Waals surface area contributed by atoms with Crippen LogP contribution >= 0.6 is 11.6 Å². The molecule has 1 aliphatic heterocycles. The van der Waals surface area contributed by atoms with Crippen molar-refractivity contribution in [3.8, 4) is 11.5 Å². The summed E-state index contributed by atoms with van der Waals surface area (Å²) < 4.78 is 11.6. The predicted octanol–water partition coefficient (Wildman–Crippen LogP) is 3.61. The second-order valence-electron chi connectivity index (χ2n) is 5.25. The maximum absolute atomic E-state index is 10.9. The first-order valence-electron chi connectivity index (χ1n) is 6.94. The smallest absolute Gasteiger partial charge is 0.235 e. The lowest BCUT2D eigenvalue weighted by molar-refractivity contribution is 0.293. The number of benzene rings is 1. The summed E-state index contributed by atoms with van der Waals surface area (Å²) in [7, 11) is 0. The Morgan fingerprint density at radius 3 is 2.50 bits per heavy atom. The van der Waals surface area contributed by atoms with E-state index in [4.69, 9.17) is 21.1 Å². The summed E-state index contributed by atoms with van der Waals surface area (Å²) in [5.74, 6) is 1.23. The molecule has 106 valence electrons. The number of ether oxygens (including phenoxy) is 2. The van der Waals surface area contributed by atoms with Gasteiger partial charge in [0.2, 0.25) is 6.08 Å². The molecule has 0 amide bonds. The molecule has 4 nitrogen and oxygen atoms in total. The topological polar surface area (TPSA) is 47.9 Å². The predicted molar refractivity (Wildman–Crippen MR) is 75.3 cm³/mol. The Bertz CT molecular complexity index is 560. The van der Waals surface area contributed by atoms with E-state index in [9.17, 15) is 4.79 Å². The SMILES string of the molecule is O=C=NC1(c2ccc(Cl)c3c2OCCCO3)CCCC1. The normalized spacial score (nSPS) is 20.1. The third kappa shape index (κ3) is 2.19. The molecule has 2 aliphatic rings. The van der Waals surface area contributed by atoms with Gasteiger partial charge in [-0.3, -0.25) is 0 Å². The van der Waals surface area contributed by atoms with Gasteiger partial charge in [0.15, 0.2) is 11.5 Å². The number of rotatable bonds is 2. The van der Waals surface area contributed by atoms with Gasteiger partial charge in [0.05, 0.1) is 18.2 Å². The summed E-state index contributed by atoms with van der Waals surface area (Å²) in [6, 6.07) is 3.70. The van der Waals surface area contributed by atoms with Crippen LogP contribution in [-0.2, 0) is 10.3 Å². The molecule has 0 unspecified atom stereocenters. The molecular formula is C15H16ClNO3. The quantitative estimate of drug-likeness (QED) is 0.618. The fourth-order valence-corrected chi connectivity index (χ4v) is 3.28. The van der Waals surface area contributed by atoms with E-state index in [2.05, 4.69) is 4.99 Å². The molecule has 1 fully saturated rings. The molecule has 1 aromatic rings. The molecule has 0 N–H and O–H groups in total. The molecular weight excluding hydrogens is 278 g/mol. The molecule has 1 aromatic carbocycles. The molecule has 1 aliphatic carbocycles. The van der Waals surface area contributed by atoms with E-state index in [1.165, 1.54) is 0 Å². The van der Waals surface area contributed by atoms with Gasteiger partial charge in [-0.1, -0.05) is 30.5 Å². The van der Waals surface area contributed by atoms with Crippen molar-refractivity contribution in [2.45, 2.75) is 37.6 Å². The highest BCUT2D eigenvalue weighted by molar-refractivity contribution is 6.32. The number of hydrogen-bond donors (Lipinski definition) is 0. The number of nitrogens with zero attached hydrogens (tertiary/aromatic N) is 1. The number of aliphatic imine (C=N–C) groups is 1. The molecule has 0 bridgehead atoms. The minimum atomic E-state index is -0.524. The zero-order valence-corrected chi connectivity index (χ0v) is 11.9. The molecule has 5 heteroatoms. The van der Waals surface area contributed by atoms with Gasteiger partial charge < -0.3 is 9.47 Å². The Morgan fingerprint density at radius 1 is 1.10 bits per heavy atom. The van der Waals surface area contributed by atoms with Crippen LogP contribution < -0.4 is 9.47 Å². The molecule has 0 spiro atoms. The van der Waals surface area contributed by atoms with Gasteiger partial charge in [0, 0.05) is 12.0 Å². The van der Waals surface area contributed by atoms with Crippen molar-refractivity contribution in [2.75, 3.05) is 13.2 Å². The Kier molecular flexibility index (Phi) is 3.68. The fraction of sp³-hybridized carbons (Fsp3) is 0.533. The molecule has 1 saturated carbocycles. The minimum absolute atomic E-state index is 0.524. The highest BCUT2D eigenvalue weighted by atomic mass is 35.5. The van der Waals surface area contributed by atoms with Crippen LogP contribution in [0.15, 0.2) is 17.1 Å². The number of fused-ring (bicyclic) bond motifs is 1. The van der Waals surface area contributed by atoms with E-state index >= 15 is 0 Å². The zero-order valence-electron chi connectivity index (χ0n) is 11.2. The van der Waals surface area contributed by atoms with Crippen LogP contribution in [0.4, 0.5) is 0 Å². The lowest BCUT2D eigenvalue weighted by Crippen LogP contribution is -2.20. The Morgan fingerprint density at radius 2 is 1.80 bits per heavy atom. The second-order valence-corrected chi connectivity index (χ2v) is 5.65. The van der Waals surface area contributed by atoms with Crippen LogP contribution in [-0.4, -0.2) is 19.3 Å². The van der Waals surface area contributed by atoms with Gasteiger partial charge >= 0.3 is 0 Å². The van der Waals surface area contributed by atoms with Crippen LogP contribution in [0.2, 0.25) is 5.02 Å². The van der Waals surface area contributed by atoms with Crippen LogP contribution in [0.25, 0.3) is 0 Å². The monoisotopic (exact) mass is 293 g/mol. The molecule has 0 saturated heterocycles. The summed E-state index contributed by atoms with van der Waals surface area (Å²) in [6.07, 6.45) is 6.30. The van der Waals surface area contributed by atoms with E-state index in [1.54, 1.807) is 12.1 Å². The first kappa shape index (κ1) is 13.5. The van der Waals surface area contributed by atoms with Crippen molar-refractivity contribution in [1.82, 2.24) is 0 Å². The number of isocyanates is 1. The van der Waals surface area contributed by atoms with Gasteiger partial charge in [0.1, 0.15) is 5.54 Å². The standard InChI is InChI=1S/C15H16ClNO3/c16-12-5-4-11(13-14(12)20-9-3-8-19-13)15(17-10-18)6-1-2-7-15/h4-5H,1-3,6-9H2. The summed E-state index contributed by atoms with van der Waals surface area (Å²) >= 11 is 6.20. The molecule has 0 atom stereocenters. The molecule has 0 radical (unpaired) electrons. The van der Waals surface area contributed by atoms with Crippen molar-refractivity contribution < 1.29 is 14.3 Å². The first-order valence-corrected chi connectivity index (χ1v) is 7.32. The van der Waals surface area contributed by atoms with Gasteiger partial charge in [-0.15, -0.1) is 0 Å². The van der Waals surface area contributed by atoms with E-state index in [0.29, 0.717) is 29.7 Å². The number of halogens is 1. The molecule has 0 aromatic heterocycles. The summed E-state index contributed by atoms with van der Waals surface area (Å²) in [6.45, 7) is 1.17. The lowest BCUT2D eigenvalue weighted by Gasteiger charge is -2.26. The van der Waals surface area contributed by atoms with E-state index in [1.807, 2.05) is 6.07 Å². The van der Waals surface area contributed by atoms with Crippen molar-refractivity contribution >= 4 is 17.7 Å². The van der Waals surface area contributed by atoms with E-state index in [-0.39, 0.29) is 0 Å². The Labute approximate surface area is 122 Å². The highest BCUT2D eigenvalue weighted by Crippen LogP contribution is 2.50. The highest BCUT2D eigenvalue weighted by Gasteiger charge is 2.39. The van der Waals surface area contributed by atoms with Gasteiger partial charge in [-0.05, 0) is 18.9 Å².